The Hall–Kier alpha value is -1.06. The molecule has 106 valence electrons. The van der Waals surface area contributed by atoms with Crippen molar-refractivity contribution in [3.8, 4) is 5.75 Å². The summed E-state index contributed by atoms with van der Waals surface area (Å²) in [6.45, 7) is 7.24. The number of hydrogen-bond acceptors (Lipinski definition) is 3. The average molecular weight is 263 g/mol. The molecule has 3 heteroatoms. The van der Waals surface area contributed by atoms with E-state index >= 15 is 0 Å². The summed E-state index contributed by atoms with van der Waals surface area (Å²) < 4.78 is 11.5. The molecule has 0 radical (unpaired) electrons. The lowest BCUT2D eigenvalue weighted by atomic mass is 9.83. The van der Waals surface area contributed by atoms with Crippen molar-refractivity contribution in [1.29, 1.82) is 0 Å². The van der Waals surface area contributed by atoms with E-state index in [1.165, 1.54) is 5.56 Å². The molecule has 0 aromatic heterocycles. The topological polar surface area (TPSA) is 30.5 Å². The summed E-state index contributed by atoms with van der Waals surface area (Å²) in [5, 5.41) is 3.56. The van der Waals surface area contributed by atoms with E-state index in [9.17, 15) is 0 Å². The van der Waals surface area contributed by atoms with E-state index in [-0.39, 0.29) is 11.5 Å². The molecule has 1 aliphatic rings. The van der Waals surface area contributed by atoms with Crippen LogP contribution in [0.5, 0.6) is 5.75 Å². The lowest BCUT2D eigenvalue weighted by molar-refractivity contribution is 0.0102. The molecule has 1 aliphatic heterocycles. The molecule has 1 saturated heterocycles. The molecule has 0 spiro atoms. The summed E-state index contributed by atoms with van der Waals surface area (Å²) in [5.74, 6) is 0.891. The van der Waals surface area contributed by atoms with Gasteiger partial charge in [-0.15, -0.1) is 0 Å². The number of nitrogens with one attached hydrogen (secondary N) is 1. The van der Waals surface area contributed by atoms with E-state index < -0.39 is 0 Å². The Bertz CT molecular complexity index is 401. The predicted molar refractivity (Wildman–Crippen MR) is 77.6 cm³/mol. The highest BCUT2D eigenvalue weighted by Crippen LogP contribution is 2.32. The van der Waals surface area contributed by atoms with Crippen LogP contribution in [0.1, 0.15) is 38.4 Å². The molecule has 0 amide bonds. The highest BCUT2D eigenvalue weighted by molar-refractivity contribution is 5.30. The quantitative estimate of drug-likeness (QED) is 0.905. The fraction of sp³-hybridized carbons (Fsp3) is 0.625. The molecule has 1 fully saturated rings. The first-order chi connectivity index (χ1) is 9.23. The van der Waals surface area contributed by atoms with Gasteiger partial charge in [0.25, 0.3) is 0 Å². The van der Waals surface area contributed by atoms with E-state index in [0.717, 1.165) is 38.3 Å². The minimum atomic E-state index is 0.120. The maximum atomic E-state index is 6.17. The van der Waals surface area contributed by atoms with Gasteiger partial charge in [-0.05, 0) is 30.5 Å². The molecule has 1 aromatic carbocycles. The van der Waals surface area contributed by atoms with Crippen LogP contribution in [0.2, 0.25) is 0 Å². The van der Waals surface area contributed by atoms with Crippen molar-refractivity contribution in [2.24, 2.45) is 5.41 Å². The second-order valence-electron chi connectivity index (χ2n) is 5.41. The van der Waals surface area contributed by atoms with E-state index in [1.807, 2.05) is 12.1 Å². The van der Waals surface area contributed by atoms with Gasteiger partial charge in [0, 0.05) is 18.5 Å². The van der Waals surface area contributed by atoms with Gasteiger partial charge in [-0.1, -0.05) is 26.0 Å². The molecule has 2 rings (SSSR count). The van der Waals surface area contributed by atoms with Crippen molar-refractivity contribution < 1.29 is 9.47 Å². The molecule has 1 aromatic rings. The SMILES string of the molecule is CCC1(CC)CNCC(c2cccc(OC)c2)OC1. The minimum Gasteiger partial charge on any atom is -0.497 e. The average Bonchev–Trinajstić information content (AvgIpc) is 2.70. The fourth-order valence-corrected chi connectivity index (χ4v) is 2.62. The van der Waals surface area contributed by atoms with Gasteiger partial charge >= 0.3 is 0 Å². The number of methoxy groups -OCH3 is 1. The predicted octanol–water partition coefficient (Wildman–Crippen LogP) is 3.16. The first kappa shape index (κ1) is 14.4. The van der Waals surface area contributed by atoms with Crippen LogP contribution in [0.15, 0.2) is 24.3 Å². The Morgan fingerprint density at radius 2 is 2.16 bits per heavy atom. The van der Waals surface area contributed by atoms with Crippen LogP contribution in [0.25, 0.3) is 0 Å². The first-order valence-electron chi connectivity index (χ1n) is 7.19. The van der Waals surface area contributed by atoms with Crippen molar-refractivity contribution in [3.63, 3.8) is 0 Å². The Kier molecular flexibility index (Phi) is 4.83. The third-order valence-corrected chi connectivity index (χ3v) is 4.39. The number of hydrogen-bond donors (Lipinski definition) is 1. The molecule has 0 bridgehead atoms. The second kappa shape index (κ2) is 6.40. The zero-order valence-electron chi connectivity index (χ0n) is 12.2. The highest BCUT2D eigenvalue weighted by atomic mass is 16.5. The zero-order chi connectivity index (χ0) is 13.7. The summed E-state index contributed by atoms with van der Waals surface area (Å²) >= 11 is 0. The van der Waals surface area contributed by atoms with Gasteiger partial charge < -0.3 is 14.8 Å². The van der Waals surface area contributed by atoms with Gasteiger partial charge in [0.15, 0.2) is 0 Å². The van der Waals surface area contributed by atoms with Gasteiger partial charge in [-0.25, -0.2) is 0 Å². The Morgan fingerprint density at radius 1 is 1.37 bits per heavy atom. The third-order valence-electron chi connectivity index (χ3n) is 4.39. The van der Waals surface area contributed by atoms with Crippen LogP contribution in [-0.4, -0.2) is 26.8 Å². The van der Waals surface area contributed by atoms with Crippen LogP contribution in [0.4, 0.5) is 0 Å². The molecular formula is C16H25NO2. The molecule has 3 nitrogen and oxygen atoms in total. The van der Waals surface area contributed by atoms with E-state index in [4.69, 9.17) is 9.47 Å². The van der Waals surface area contributed by atoms with Gasteiger partial charge in [0.2, 0.25) is 0 Å². The maximum absolute atomic E-state index is 6.17. The maximum Gasteiger partial charge on any atom is 0.119 e. The smallest absolute Gasteiger partial charge is 0.119 e. The fourth-order valence-electron chi connectivity index (χ4n) is 2.62. The lowest BCUT2D eigenvalue weighted by Crippen LogP contribution is -2.34. The van der Waals surface area contributed by atoms with E-state index in [1.54, 1.807) is 7.11 Å². The number of benzene rings is 1. The summed E-state index contributed by atoms with van der Waals surface area (Å²) in [4.78, 5) is 0. The molecular weight excluding hydrogens is 238 g/mol. The van der Waals surface area contributed by atoms with Crippen molar-refractivity contribution in [2.75, 3.05) is 26.8 Å². The molecule has 1 N–H and O–H groups in total. The molecule has 19 heavy (non-hydrogen) atoms. The van der Waals surface area contributed by atoms with Crippen molar-refractivity contribution >= 4 is 0 Å². The van der Waals surface area contributed by atoms with Gasteiger partial charge in [0.1, 0.15) is 5.75 Å². The minimum absolute atomic E-state index is 0.120. The standard InChI is InChI=1S/C16H25NO2/c1-4-16(5-2)11-17-10-15(19-12-16)13-7-6-8-14(9-13)18-3/h6-9,15,17H,4-5,10-12H2,1-3H3. The first-order valence-corrected chi connectivity index (χ1v) is 7.19. The normalized spacial score (nSPS) is 22.8. The zero-order valence-corrected chi connectivity index (χ0v) is 12.2. The third kappa shape index (κ3) is 3.28. The van der Waals surface area contributed by atoms with Gasteiger partial charge in [-0.2, -0.15) is 0 Å². The Morgan fingerprint density at radius 3 is 2.84 bits per heavy atom. The van der Waals surface area contributed by atoms with Crippen LogP contribution >= 0.6 is 0 Å². The Balaban J connectivity index is 2.10. The van der Waals surface area contributed by atoms with Crippen molar-refractivity contribution in [2.45, 2.75) is 32.8 Å². The largest absolute Gasteiger partial charge is 0.497 e. The molecule has 1 atom stereocenters. The van der Waals surface area contributed by atoms with E-state index in [0.29, 0.717) is 0 Å². The van der Waals surface area contributed by atoms with Gasteiger partial charge in [0.05, 0.1) is 19.8 Å². The Labute approximate surface area is 116 Å². The highest BCUT2D eigenvalue weighted by Gasteiger charge is 2.31. The van der Waals surface area contributed by atoms with Crippen LogP contribution < -0.4 is 10.1 Å². The number of rotatable bonds is 4. The second-order valence-corrected chi connectivity index (χ2v) is 5.41. The number of ether oxygens (including phenoxy) is 2. The lowest BCUT2D eigenvalue weighted by Gasteiger charge is -2.29. The van der Waals surface area contributed by atoms with Crippen molar-refractivity contribution in [1.82, 2.24) is 5.32 Å². The summed E-state index contributed by atoms with van der Waals surface area (Å²) in [6.07, 6.45) is 2.43. The molecule has 0 aliphatic carbocycles. The summed E-state index contributed by atoms with van der Waals surface area (Å²) in [5.41, 5.74) is 1.48. The summed E-state index contributed by atoms with van der Waals surface area (Å²) in [6, 6.07) is 8.17. The summed E-state index contributed by atoms with van der Waals surface area (Å²) in [7, 11) is 1.70. The van der Waals surface area contributed by atoms with Crippen molar-refractivity contribution in [3.05, 3.63) is 29.8 Å². The monoisotopic (exact) mass is 263 g/mol. The van der Waals surface area contributed by atoms with Gasteiger partial charge in [-0.3, -0.25) is 0 Å². The van der Waals surface area contributed by atoms with Crippen LogP contribution in [0, 0.1) is 5.41 Å². The van der Waals surface area contributed by atoms with Crippen LogP contribution in [0.3, 0.4) is 0 Å². The van der Waals surface area contributed by atoms with Crippen LogP contribution in [-0.2, 0) is 4.74 Å². The molecule has 1 unspecified atom stereocenters. The molecule has 1 heterocycles. The molecule has 0 saturated carbocycles. The van der Waals surface area contributed by atoms with E-state index in [2.05, 4.69) is 31.3 Å².